The number of nitrogens with zero attached hydrogens (tertiary/aromatic N) is 3. The van der Waals surface area contributed by atoms with Crippen LogP contribution in [-0.2, 0) is 11.2 Å². The molecule has 1 aromatic rings. The summed E-state index contributed by atoms with van der Waals surface area (Å²) in [6.07, 6.45) is 0.778. The largest absolute Gasteiger partial charge is 0.378 e. The maximum Gasteiger partial charge on any atom is 0.251 e. The number of amidine groups is 1. The van der Waals surface area contributed by atoms with Gasteiger partial charge in [0.25, 0.3) is 5.56 Å². The molecule has 3 rings (SSSR count). The van der Waals surface area contributed by atoms with Crippen molar-refractivity contribution in [3.8, 4) is 0 Å². The molecule has 2 aliphatic rings. The first-order valence-electron chi connectivity index (χ1n) is 7.51. The molecule has 0 radical (unpaired) electrons. The fraction of sp³-hybridized carbons (Fsp3) is 0.643. The summed E-state index contributed by atoms with van der Waals surface area (Å²) in [5.41, 5.74) is 0.772. The lowest BCUT2D eigenvalue weighted by Crippen LogP contribution is -2.39. The summed E-state index contributed by atoms with van der Waals surface area (Å²) in [5, 5.41) is 2.29. The summed E-state index contributed by atoms with van der Waals surface area (Å²) in [7, 11) is 0. The van der Waals surface area contributed by atoms with E-state index < -0.39 is 0 Å². The molecule has 0 aliphatic carbocycles. The number of nitrogens with one attached hydrogen (secondary N) is 1. The van der Waals surface area contributed by atoms with Gasteiger partial charge in [-0.25, -0.2) is 4.98 Å². The molecule has 0 aromatic carbocycles. The summed E-state index contributed by atoms with van der Waals surface area (Å²) in [5.74, 6) is 0.901. The lowest BCUT2D eigenvalue weighted by atomic mass is 10.3. The first kappa shape index (κ1) is 15.9. The summed E-state index contributed by atoms with van der Waals surface area (Å²) < 4.78 is 5.37. The lowest BCUT2D eigenvalue weighted by molar-refractivity contribution is 0.0693. The second-order valence-corrected chi connectivity index (χ2v) is 7.45. The predicted octanol–water partition coefficient (Wildman–Crippen LogP) is 1.23. The Morgan fingerprint density at radius 2 is 2.32 bits per heavy atom. The molecule has 0 amide bonds. The Balaban J connectivity index is 1.51. The van der Waals surface area contributed by atoms with Crippen LogP contribution in [0.2, 0.25) is 0 Å². The number of aliphatic imine (C=N–C) groups is 1. The number of H-pyrrole nitrogens is 1. The third-order valence-electron chi connectivity index (χ3n) is 3.53. The van der Waals surface area contributed by atoms with Gasteiger partial charge in [0, 0.05) is 35.9 Å². The van der Waals surface area contributed by atoms with E-state index in [-0.39, 0.29) is 5.56 Å². The van der Waals surface area contributed by atoms with Crippen LogP contribution in [0, 0.1) is 0 Å². The summed E-state index contributed by atoms with van der Waals surface area (Å²) in [6.45, 7) is 6.27. The molecule has 6 nitrogen and oxygen atoms in total. The Labute approximate surface area is 138 Å². The molecule has 1 fully saturated rings. The van der Waals surface area contributed by atoms with Crippen molar-refractivity contribution in [1.29, 1.82) is 0 Å². The zero-order valence-electron chi connectivity index (χ0n) is 12.6. The van der Waals surface area contributed by atoms with Crippen LogP contribution in [0.5, 0.6) is 0 Å². The van der Waals surface area contributed by atoms with E-state index in [1.807, 2.05) is 18.7 Å². The Kier molecular flexibility index (Phi) is 5.43. The number of aromatic amines is 1. The molecule has 8 heteroatoms. The van der Waals surface area contributed by atoms with Gasteiger partial charge in [0.1, 0.15) is 0 Å². The van der Waals surface area contributed by atoms with Crippen molar-refractivity contribution in [2.45, 2.75) is 23.8 Å². The summed E-state index contributed by atoms with van der Waals surface area (Å²) >= 11 is 3.44. The quantitative estimate of drug-likeness (QED) is 0.657. The van der Waals surface area contributed by atoms with Crippen LogP contribution >= 0.6 is 23.5 Å². The first-order valence-corrected chi connectivity index (χ1v) is 9.38. The van der Waals surface area contributed by atoms with Crippen molar-refractivity contribution in [2.75, 3.05) is 38.6 Å². The minimum Gasteiger partial charge on any atom is -0.378 e. The van der Waals surface area contributed by atoms with E-state index in [1.54, 1.807) is 17.8 Å². The van der Waals surface area contributed by atoms with Gasteiger partial charge in [0.2, 0.25) is 0 Å². The van der Waals surface area contributed by atoms with Gasteiger partial charge in [-0.3, -0.25) is 9.79 Å². The van der Waals surface area contributed by atoms with E-state index in [9.17, 15) is 4.79 Å². The minimum atomic E-state index is -0.0707. The molecule has 120 valence electrons. The van der Waals surface area contributed by atoms with Gasteiger partial charge >= 0.3 is 0 Å². The van der Waals surface area contributed by atoms with Crippen LogP contribution in [0.3, 0.4) is 0 Å². The Bertz CT molecular complexity index is 599. The molecule has 1 atom stereocenters. The van der Waals surface area contributed by atoms with E-state index >= 15 is 0 Å². The minimum absolute atomic E-state index is 0.0707. The van der Waals surface area contributed by atoms with E-state index in [0.717, 1.165) is 55.9 Å². The third-order valence-corrected chi connectivity index (χ3v) is 6.02. The second-order valence-electron chi connectivity index (χ2n) is 5.17. The SMILES string of the molecule is CCc1cc(=O)[nH]c(SCC2CN=C(N3CCOCC3)S2)n1. The smallest absolute Gasteiger partial charge is 0.251 e. The van der Waals surface area contributed by atoms with Gasteiger partial charge in [0.05, 0.1) is 19.8 Å². The fourth-order valence-electron chi connectivity index (χ4n) is 2.32. The zero-order valence-corrected chi connectivity index (χ0v) is 14.2. The fourth-order valence-corrected chi connectivity index (χ4v) is 4.53. The molecule has 1 unspecified atom stereocenters. The average Bonchev–Trinajstić information content (AvgIpc) is 3.02. The van der Waals surface area contributed by atoms with Crippen LogP contribution in [-0.4, -0.2) is 63.9 Å². The monoisotopic (exact) mass is 340 g/mol. The molecule has 3 heterocycles. The van der Waals surface area contributed by atoms with Crippen molar-refractivity contribution >= 4 is 28.7 Å². The highest BCUT2D eigenvalue weighted by molar-refractivity contribution is 8.15. The normalized spacial score (nSPS) is 22.0. The van der Waals surface area contributed by atoms with Gasteiger partial charge in [-0.1, -0.05) is 30.4 Å². The van der Waals surface area contributed by atoms with Crippen LogP contribution in [0.4, 0.5) is 0 Å². The Morgan fingerprint density at radius 3 is 3.09 bits per heavy atom. The van der Waals surface area contributed by atoms with Crippen molar-refractivity contribution in [2.24, 2.45) is 4.99 Å². The number of hydrogen-bond donors (Lipinski definition) is 1. The lowest BCUT2D eigenvalue weighted by Gasteiger charge is -2.28. The molecular formula is C14H20N4O2S2. The molecule has 0 bridgehead atoms. The van der Waals surface area contributed by atoms with Gasteiger partial charge in [-0.15, -0.1) is 0 Å². The molecule has 0 spiro atoms. The Morgan fingerprint density at radius 1 is 1.50 bits per heavy atom. The number of thioether (sulfide) groups is 2. The van der Waals surface area contributed by atoms with E-state index in [2.05, 4.69) is 19.9 Å². The summed E-state index contributed by atoms with van der Waals surface area (Å²) in [6, 6.07) is 1.56. The van der Waals surface area contributed by atoms with Crippen molar-refractivity contribution in [1.82, 2.24) is 14.9 Å². The first-order chi connectivity index (χ1) is 10.7. The molecule has 2 aliphatic heterocycles. The maximum absolute atomic E-state index is 11.6. The van der Waals surface area contributed by atoms with Crippen LogP contribution in [0.15, 0.2) is 21.0 Å². The van der Waals surface area contributed by atoms with Gasteiger partial charge in [0.15, 0.2) is 10.3 Å². The van der Waals surface area contributed by atoms with E-state index in [4.69, 9.17) is 4.74 Å². The Hall–Kier alpha value is -0.990. The maximum atomic E-state index is 11.6. The number of ether oxygens (including phenoxy) is 1. The molecule has 1 N–H and O–H groups in total. The third kappa shape index (κ3) is 4.05. The standard InChI is InChI=1S/C14H20N4O2S2/c1-2-10-7-12(19)17-13(16-10)21-9-11-8-15-14(22-11)18-3-5-20-6-4-18/h7,11H,2-6,8-9H2,1H3,(H,16,17,19). The van der Waals surface area contributed by atoms with Gasteiger partial charge < -0.3 is 14.6 Å². The number of rotatable bonds is 4. The summed E-state index contributed by atoms with van der Waals surface area (Å²) in [4.78, 5) is 25.8. The highest BCUT2D eigenvalue weighted by Crippen LogP contribution is 2.28. The average molecular weight is 340 g/mol. The number of aromatic nitrogens is 2. The molecule has 1 saturated heterocycles. The molecular weight excluding hydrogens is 320 g/mol. The highest BCUT2D eigenvalue weighted by atomic mass is 32.2. The highest BCUT2D eigenvalue weighted by Gasteiger charge is 2.25. The predicted molar refractivity (Wildman–Crippen MR) is 91.0 cm³/mol. The number of hydrogen-bond acceptors (Lipinski definition) is 7. The zero-order chi connectivity index (χ0) is 15.4. The topological polar surface area (TPSA) is 70.6 Å². The van der Waals surface area contributed by atoms with Crippen LogP contribution < -0.4 is 5.56 Å². The van der Waals surface area contributed by atoms with Crippen LogP contribution in [0.1, 0.15) is 12.6 Å². The van der Waals surface area contributed by atoms with Crippen molar-refractivity contribution < 1.29 is 4.74 Å². The van der Waals surface area contributed by atoms with E-state index in [0.29, 0.717) is 10.4 Å². The van der Waals surface area contributed by atoms with Crippen LogP contribution in [0.25, 0.3) is 0 Å². The molecule has 0 saturated carbocycles. The van der Waals surface area contributed by atoms with Gasteiger partial charge in [-0.05, 0) is 6.42 Å². The van der Waals surface area contributed by atoms with E-state index in [1.165, 1.54) is 0 Å². The van der Waals surface area contributed by atoms with Gasteiger partial charge in [-0.2, -0.15) is 0 Å². The number of morpholine rings is 1. The second kappa shape index (κ2) is 7.52. The molecule has 22 heavy (non-hydrogen) atoms. The van der Waals surface area contributed by atoms with Crippen molar-refractivity contribution in [3.63, 3.8) is 0 Å². The number of aryl methyl sites for hydroxylation is 1. The van der Waals surface area contributed by atoms with Crippen molar-refractivity contribution in [3.05, 3.63) is 22.1 Å². The molecule has 1 aromatic heterocycles.